The molecule has 1 aliphatic heterocycles. The first-order valence-corrected chi connectivity index (χ1v) is 10.3. The molecule has 5 rings (SSSR count). The normalized spacial score (nSPS) is 18.3. The lowest BCUT2D eigenvalue weighted by molar-refractivity contribution is -0.129. The summed E-state index contributed by atoms with van der Waals surface area (Å²) in [6.45, 7) is 1.46. The second-order valence-electron chi connectivity index (χ2n) is 7.10. The minimum Gasteiger partial charge on any atom is -0.440 e. The van der Waals surface area contributed by atoms with Gasteiger partial charge in [0.05, 0.1) is 11.8 Å². The topological polar surface area (TPSA) is 89.9 Å². The van der Waals surface area contributed by atoms with E-state index in [4.69, 9.17) is 4.42 Å². The number of oxazole rings is 1. The predicted octanol–water partition coefficient (Wildman–Crippen LogP) is 2.65. The number of nitrogens with zero attached hydrogens (tertiary/aromatic N) is 6. The molecule has 1 saturated carbocycles. The van der Waals surface area contributed by atoms with Gasteiger partial charge in [-0.2, -0.15) is 0 Å². The first kappa shape index (κ1) is 16.7. The zero-order valence-electron chi connectivity index (χ0n) is 14.8. The minimum absolute atomic E-state index is 0.140. The van der Waals surface area contributed by atoms with Gasteiger partial charge < -0.3 is 9.32 Å². The number of carbonyl (C=O) groups is 1. The Labute approximate surface area is 160 Å². The molecule has 9 heteroatoms. The van der Waals surface area contributed by atoms with Crippen LogP contribution >= 0.6 is 11.8 Å². The smallest absolute Gasteiger partial charge is 0.233 e. The molecule has 1 aliphatic carbocycles. The van der Waals surface area contributed by atoms with Crippen molar-refractivity contribution in [3.8, 4) is 0 Å². The molecule has 27 heavy (non-hydrogen) atoms. The van der Waals surface area contributed by atoms with E-state index in [1.165, 1.54) is 11.8 Å². The molecule has 1 amide bonds. The lowest BCUT2D eigenvalue weighted by atomic mass is 9.97. The predicted molar refractivity (Wildman–Crippen MR) is 99.4 cm³/mol. The third-order valence-electron chi connectivity index (χ3n) is 5.19. The van der Waals surface area contributed by atoms with Crippen molar-refractivity contribution in [2.45, 2.75) is 42.8 Å². The molecule has 3 aromatic rings. The number of fused-ring (bicyclic) bond motifs is 1. The van der Waals surface area contributed by atoms with Gasteiger partial charge in [0.25, 0.3) is 0 Å². The Bertz CT molecular complexity index is 925. The number of rotatable bonds is 5. The molecule has 1 saturated heterocycles. The number of para-hydroxylation sites is 2. The Hall–Kier alpha value is -2.42. The minimum atomic E-state index is 0.140. The van der Waals surface area contributed by atoms with E-state index in [1.54, 1.807) is 0 Å². The standard InChI is InChI=1S/C18H20N6O2S/c25-16(11-27-18-20-21-22-24(18)13-5-6-13)23-9-7-12(8-10-23)17-19-14-3-1-2-4-15(14)26-17/h1-4,12-13H,5-11H2. The lowest BCUT2D eigenvalue weighted by Crippen LogP contribution is -2.39. The Morgan fingerprint density at radius 3 is 2.78 bits per heavy atom. The van der Waals surface area contributed by atoms with Gasteiger partial charge in [-0.3, -0.25) is 4.79 Å². The quantitative estimate of drug-likeness (QED) is 0.625. The van der Waals surface area contributed by atoms with E-state index in [2.05, 4.69) is 20.5 Å². The van der Waals surface area contributed by atoms with E-state index < -0.39 is 0 Å². The molecule has 0 N–H and O–H groups in total. The molecule has 2 aliphatic rings. The largest absolute Gasteiger partial charge is 0.440 e. The van der Waals surface area contributed by atoms with Crippen LogP contribution in [-0.2, 0) is 4.79 Å². The summed E-state index contributed by atoms with van der Waals surface area (Å²) in [5.74, 6) is 1.58. The number of benzene rings is 1. The molecule has 0 spiro atoms. The van der Waals surface area contributed by atoms with Crippen LogP contribution in [0.15, 0.2) is 33.8 Å². The summed E-state index contributed by atoms with van der Waals surface area (Å²) in [5.41, 5.74) is 1.73. The zero-order valence-corrected chi connectivity index (χ0v) is 15.6. The van der Waals surface area contributed by atoms with Gasteiger partial charge in [-0.25, -0.2) is 9.67 Å². The van der Waals surface area contributed by atoms with E-state index in [9.17, 15) is 4.79 Å². The Kier molecular flexibility index (Phi) is 4.31. The second kappa shape index (κ2) is 6.95. The van der Waals surface area contributed by atoms with Crippen molar-refractivity contribution >= 4 is 28.8 Å². The fraction of sp³-hybridized carbons (Fsp3) is 0.500. The van der Waals surface area contributed by atoms with Crippen LogP contribution in [0.25, 0.3) is 11.1 Å². The van der Waals surface area contributed by atoms with Crippen molar-refractivity contribution in [1.29, 1.82) is 0 Å². The van der Waals surface area contributed by atoms with Crippen LogP contribution in [0.3, 0.4) is 0 Å². The summed E-state index contributed by atoms with van der Waals surface area (Å²) in [6.07, 6.45) is 4.00. The summed E-state index contributed by atoms with van der Waals surface area (Å²) >= 11 is 1.43. The summed E-state index contributed by atoms with van der Waals surface area (Å²) in [5, 5.41) is 12.5. The SMILES string of the molecule is O=C(CSc1nnnn1C1CC1)N1CCC(c2nc3ccccc3o2)CC1. The number of likely N-dealkylation sites (tertiary alicyclic amines) is 1. The van der Waals surface area contributed by atoms with Gasteiger partial charge >= 0.3 is 0 Å². The van der Waals surface area contributed by atoms with Crippen LogP contribution in [0.5, 0.6) is 0 Å². The van der Waals surface area contributed by atoms with Gasteiger partial charge in [0.15, 0.2) is 11.5 Å². The molecular weight excluding hydrogens is 364 g/mol. The monoisotopic (exact) mass is 384 g/mol. The van der Waals surface area contributed by atoms with Crippen molar-refractivity contribution in [3.05, 3.63) is 30.2 Å². The molecule has 1 aromatic carbocycles. The van der Waals surface area contributed by atoms with Crippen LogP contribution < -0.4 is 0 Å². The van der Waals surface area contributed by atoms with Crippen LogP contribution in [0.1, 0.15) is 43.5 Å². The van der Waals surface area contributed by atoms with E-state index in [0.29, 0.717) is 11.8 Å². The highest BCUT2D eigenvalue weighted by Gasteiger charge is 2.30. The van der Waals surface area contributed by atoms with Crippen molar-refractivity contribution < 1.29 is 9.21 Å². The summed E-state index contributed by atoms with van der Waals surface area (Å²) in [4.78, 5) is 19.1. The molecule has 3 heterocycles. The van der Waals surface area contributed by atoms with Gasteiger partial charge in [0.1, 0.15) is 5.52 Å². The third kappa shape index (κ3) is 3.43. The van der Waals surface area contributed by atoms with Gasteiger partial charge in [-0.05, 0) is 48.2 Å². The van der Waals surface area contributed by atoms with Crippen molar-refractivity contribution in [3.63, 3.8) is 0 Å². The maximum Gasteiger partial charge on any atom is 0.233 e. The first-order chi connectivity index (χ1) is 13.3. The second-order valence-corrected chi connectivity index (χ2v) is 8.04. The molecule has 0 radical (unpaired) electrons. The van der Waals surface area contributed by atoms with Crippen LogP contribution in [0, 0.1) is 0 Å². The number of carbonyl (C=O) groups excluding carboxylic acids is 1. The fourth-order valence-corrected chi connectivity index (χ4v) is 4.33. The van der Waals surface area contributed by atoms with Crippen molar-refractivity contribution in [1.82, 2.24) is 30.1 Å². The van der Waals surface area contributed by atoms with E-state index in [1.807, 2.05) is 33.8 Å². The average molecular weight is 384 g/mol. The average Bonchev–Trinajstić information content (AvgIpc) is 3.28. The van der Waals surface area contributed by atoms with Crippen molar-refractivity contribution in [2.24, 2.45) is 0 Å². The highest BCUT2D eigenvalue weighted by Crippen LogP contribution is 2.36. The van der Waals surface area contributed by atoms with E-state index >= 15 is 0 Å². The fourth-order valence-electron chi connectivity index (χ4n) is 3.49. The maximum absolute atomic E-state index is 12.6. The summed E-state index contributed by atoms with van der Waals surface area (Å²) < 4.78 is 7.74. The molecule has 0 unspecified atom stereocenters. The zero-order chi connectivity index (χ0) is 18.2. The van der Waals surface area contributed by atoms with Crippen LogP contribution in [-0.4, -0.2) is 54.8 Å². The molecule has 140 valence electrons. The Balaban J connectivity index is 1.16. The molecule has 2 aromatic heterocycles. The lowest BCUT2D eigenvalue weighted by Gasteiger charge is -2.30. The molecule has 0 bridgehead atoms. The highest BCUT2D eigenvalue weighted by atomic mass is 32.2. The summed E-state index contributed by atoms with van der Waals surface area (Å²) in [6, 6.07) is 8.25. The number of thioether (sulfide) groups is 1. The highest BCUT2D eigenvalue weighted by molar-refractivity contribution is 7.99. The molecule has 8 nitrogen and oxygen atoms in total. The number of tetrazole rings is 1. The van der Waals surface area contributed by atoms with Gasteiger partial charge in [0.2, 0.25) is 11.1 Å². The molecule has 0 atom stereocenters. The first-order valence-electron chi connectivity index (χ1n) is 9.32. The number of piperidine rings is 1. The Morgan fingerprint density at radius 1 is 1.19 bits per heavy atom. The maximum atomic E-state index is 12.6. The van der Waals surface area contributed by atoms with Crippen LogP contribution in [0.4, 0.5) is 0 Å². The number of amides is 1. The van der Waals surface area contributed by atoms with Gasteiger partial charge in [0, 0.05) is 19.0 Å². The third-order valence-corrected chi connectivity index (χ3v) is 6.11. The molecular formula is C18H20N6O2S. The number of hydrogen-bond donors (Lipinski definition) is 0. The van der Waals surface area contributed by atoms with Gasteiger partial charge in [-0.1, -0.05) is 23.9 Å². The van der Waals surface area contributed by atoms with Crippen molar-refractivity contribution in [2.75, 3.05) is 18.8 Å². The van der Waals surface area contributed by atoms with E-state index in [-0.39, 0.29) is 11.8 Å². The number of aromatic nitrogens is 5. The van der Waals surface area contributed by atoms with Gasteiger partial charge in [-0.15, -0.1) is 5.10 Å². The van der Waals surface area contributed by atoms with E-state index in [0.717, 1.165) is 60.9 Å². The Morgan fingerprint density at radius 2 is 2.00 bits per heavy atom. The number of hydrogen-bond acceptors (Lipinski definition) is 7. The summed E-state index contributed by atoms with van der Waals surface area (Å²) in [7, 11) is 0. The van der Waals surface area contributed by atoms with Crippen LogP contribution in [0.2, 0.25) is 0 Å². The molecule has 2 fully saturated rings.